The maximum atomic E-state index is 12.2. The number of benzene rings is 1. The first-order chi connectivity index (χ1) is 9.97. The average molecular weight is 308 g/mol. The van der Waals surface area contributed by atoms with E-state index in [0.717, 1.165) is 12.8 Å². The van der Waals surface area contributed by atoms with E-state index < -0.39 is 0 Å². The first kappa shape index (κ1) is 17.6. The molecule has 0 aliphatic carbocycles. The summed E-state index contributed by atoms with van der Waals surface area (Å²) in [4.78, 5) is 12.2. The number of rotatable bonds is 5. The van der Waals surface area contributed by atoms with Crippen molar-refractivity contribution in [1.82, 2.24) is 5.32 Å². The fourth-order valence-electron chi connectivity index (χ4n) is 2.03. The first-order valence-electron chi connectivity index (χ1n) is 7.18. The van der Waals surface area contributed by atoms with E-state index in [0.29, 0.717) is 22.1 Å². The highest BCUT2D eigenvalue weighted by atomic mass is 35.5. The second-order valence-electron chi connectivity index (χ2n) is 5.28. The molecule has 3 nitrogen and oxygen atoms in total. The summed E-state index contributed by atoms with van der Waals surface area (Å²) in [6, 6.07) is 5.12. The zero-order chi connectivity index (χ0) is 15.8. The lowest BCUT2D eigenvalue weighted by atomic mass is 10.00. The van der Waals surface area contributed by atoms with E-state index in [1.54, 1.807) is 18.2 Å². The molecular weight excluding hydrogens is 286 g/mol. The number of halogens is 1. The van der Waals surface area contributed by atoms with Crippen molar-refractivity contribution in [3.63, 3.8) is 0 Å². The second kappa shape index (κ2) is 8.71. The van der Waals surface area contributed by atoms with Crippen LogP contribution in [0.4, 0.5) is 0 Å². The molecule has 21 heavy (non-hydrogen) atoms. The van der Waals surface area contributed by atoms with Crippen molar-refractivity contribution in [1.29, 1.82) is 0 Å². The van der Waals surface area contributed by atoms with Gasteiger partial charge in [0.1, 0.15) is 6.61 Å². The maximum absolute atomic E-state index is 12.2. The van der Waals surface area contributed by atoms with Crippen molar-refractivity contribution in [2.75, 3.05) is 6.61 Å². The van der Waals surface area contributed by atoms with Gasteiger partial charge in [-0.05, 0) is 37.5 Å². The highest BCUT2D eigenvalue weighted by molar-refractivity contribution is 6.32. The summed E-state index contributed by atoms with van der Waals surface area (Å²) in [6.07, 6.45) is 2.06. The molecular formula is C17H22ClNO2. The zero-order valence-corrected chi connectivity index (χ0v) is 13.5. The molecule has 0 aliphatic heterocycles. The molecule has 1 rings (SSSR count). The van der Waals surface area contributed by atoms with E-state index in [4.69, 9.17) is 16.7 Å². The monoisotopic (exact) mass is 307 g/mol. The van der Waals surface area contributed by atoms with Gasteiger partial charge >= 0.3 is 0 Å². The Morgan fingerprint density at radius 1 is 1.43 bits per heavy atom. The largest absolute Gasteiger partial charge is 0.384 e. The lowest BCUT2D eigenvalue weighted by Gasteiger charge is -2.17. The lowest BCUT2D eigenvalue weighted by Crippen LogP contribution is -2.33. The summed E-state index contributed by atoms with van der Waals surface area (Å²) in [5.41, 5.74) is 1.13. The summed E-state index contributed by atoms with van der Waals surface area (Å²) >= 11 is 6.09. The quantitative estimate of drug-likeness (QED) is 0.821. The molecule has 1 aromatic carbocycles. The van der Waals surface area contributed by atoms with Crippen LogP contribution in [-0.4, -0.2) is 23.7 Å². The molecule has 0 radical (unpaired) electrons. The van der Waals surface area contributed by atoms with Crippen LogP contribution in [-0.2, 0) is 0 Å². The van der Waals surface area contributed by atoms with Crippen LogP contribution in [0.2, 0.25) is 5.02 Å². The molecule has 0 saturated heterocycles. The topological polar surface area (TPSA) is 49.3 Å². The van der Waals surface area contributed by atoms with E-state index in [-0.39, 0.29) is 18.6 Å². The van der Waals surface area contributed by atoms with Crippen molar-refractivity contribution in [3.8, 4) is 11.8 Å². The number of hydrogen-bond acceptors (Lipinski definition) is 2. The van der Waals surface area contributed by atoms with Gasteiger partial charge in [-0.1, -0.05) is 43.7 Å². The molecule has 0 heterocycles. The van der Waals surface area contributed by atoms with Crippen LogP contribution in [0.5, 0.6) is 0 Å². The first-order valence-corrected chi connectivity index (χ1v) is 7.55. The normalized spacial score (nSPS) is 13.0. The smallest absolute Gasteiger partial charge is 0.251 e. The van der Waals surface area contributed by atoms with Crippen molar-refractivity contribution in [2.24, 2.45) is 5.92 Å². The SMILES string of the molecule is CCC(C)CC(C)NC(=O)c1ccc(C#CCO)c(Cl)c1. The van der Waals surface area contributed by atoms with Crippen LogP contribution < -0.4 is 5.32 Å². The van der Waals surface area contributed by atoms with Gasteiger partial charge in [-0.25, -0.2) is 0 Å². The summed E-state index contributed by atoms with van der Waals surface area (Å²) in [5.74, 6) is 5.73. The highest BCUT2D eigenvalue weighted by Crippen LogP contribution is 2.17. The van der Waals surface area contributed by atoms with Crippen molar-refractivity contribution < 1.29 is 9.90 Å². The van der Waals surface area contributed by atoms with Crippen molar-refractivity contribution in [2.45, 2.75) is 39.7 Å². The van der Waals surface area contributed by atoms with E-state index in [2.05, 4.69) is 31.0 Å². The Balaban J connectivity index is 2.73. The Kier molecular flexibility index (Phi) is 7.28. The molecule has 2 unspecified atom stereocenters. The highest BCUT2D eigenvalue weighted by Gasteiger charge is 2.13. The van der Waals surface area contributed by atoms with Crippen LogP contribution in [0.1, 0.15) is 49.5 Å². The number of hydrogen-bond donors (Lipinski definition) is 2. The number of amides is 1. The molecule has 2 N–H and O–H groups in total. The van der Waals surface area contributed by atoms with Gasteiger partial charge in [0.2, 0.25) is 0 Å². The van der Waals surface area contributed by atoms with E-state index >= 15 is 0 Å². The van der Waals surface area contributed by atoms with E-state index in [1.807, 2.05) is 6.92 Å². The molecule has 0 saturated carbocycles. The van der Waals surface area contributed by atoms with Crippen LogP contribution >= 0.6 is 11.6 Å². The number of carbonyl (C=O) groups excluding carboxylic acids is 1. The van der Waals surface area contributed by atoms with Crippen LogP contribution in [0, 0.1) is 17.8 Å². The van der Waals surface area contributed by atoms with Gasteiger partial charge in [-0.15, -0.1) is 0 Å². The van der Waals surface area contributed by atoms with Gasteiger partial charge in [0, 0.05) is 17.2 Å². The van der Waals surface area contributed by atoms with Crippen LogP contribution in [0.25, 0.3) is 0 Å². The predicted molar refractivity (Wildman–Crippen MR) is 86.4 cm³/mol. The zero-order valence-electron chi connectivity index (χ0n) is 12.7. The third-order valence-electron chi connectivity index (χ3n) is 3.36. The number of aliphatic hydroxyl groups is 1. The third kappa shape index (κ3) is 5.79. The van der Waals surface area contributed by atoms with E-state index in [9.17, 15) is 4.79 Å². The maximum Gasteiger partial charge on any atom is 0.251 e. The third-order valence-corrected chi connectivity index (χ3v) is 3.68. The minimum absolute atomic E-state index is 0.125. The molecule has 0 aliphatic rings. The lowest BCUT2D eigenvalue weighted by molar-refractivity contribution is 0.0935. The predicted octanol–water partition coefficient (Wildman–Crippen LogP) is 3.24. The molecule has 0 fully saturated rings. The van der Waals surface area contributed by atoms with Gasteiger partial charge < -0.3 is 10.4 Å². The summed E-state index contributed by atoms with van der Waals surface area (Å²) in [7, 11) is 0. The summed E-state index contributed by atoms with van der Waals surface area (Å²) in [5, 5.41) is 12.1. The Hall–Kier alpha value is -1.50. The Bertz CT molecular complexity index is 545. The van der Waals surface area contributed by atoms with Crippen LogP contribution in [0.3, 0.4) is 0 Å². The second-order valence-corrected chi connectivity index (χ2v) is 5.69. The van der Waals surface area contributed by atoms with Gasteiger partial charge in [0.05, 0.1) is 5.02 Å². The molecule has 0 spiro atoms. The fraction of sp³-hybridized carbons (Fsp3) is 0.471. The van der Waals surface area contributed by atoms with Gasteiger partial charge in [0.15, 0.2) is 0 Å². The van der Waals surface area contributed by atoms with Crippen molar-refractivity contribution >= 4 is 17.5 Å². The molecule has 1 amide bonds. The molecule has 2 atom stereocenters. The van der Waals surface area contributed by atoms with Crippen LogP contribution in [0.15, 0.2) is 18.2 Å². The van der Waals surface area contributed by atoms with Gasteiger partial charge in [-0.2, -0.15) is 0 Å². The summed E-state index contributed by atoms with van der Waals surface area (Å²) in [6.45, 7) is 6.11. The number of aliphatic hydroxyl groups excluding tert-OH is 1. The Morgan fingerprint density at radius 3 is 2.71 bits per heavy atom. The van der Waals surface area contributed by atoms with E-state index in [1.165, 1.54) is 0 Å². The Labute approximate surface area is 131 Å². The molecule has 4 heteroatoms. The number of nitrogens with one attached hydrogen (secondary N) is 1. The summed E-state index contributed by atoms with van der Waals surface area (Å²) < 4.78 is 0. The minimum atomic E-state index is -0.217. The van der Waals surface area contributed by atoms with Crippen molar-refractivity contribution in [3.05, 3.63) is 34.3 Å². The number of carbonyl (C=O) groups is 1. The van der Waals surface area contributed by atoms with Gasteiger partial charge in [-0.3, -0.25) is 4.79 Å². The Morgan fingerprint density at radius 2 is 2.14 bits per heavy atom. The fourth-order valence-corrected chi connectivity index (χ4v) is 2.26. The molecule has 0 bridgehead atoms. The average Bonchev–Trinajstić information content (AvgIpc) is 2.45. The molecule has 114 valence electrons. The minimum Gasteiger partial charge on any atom is -0.384 e. The molecule has 0 aromatic heterocycles. The van der Waals surface area contributed by atoms with Gasteiger partial charge in [0.25, 0.3) is 5.91 Å². The molecule has 1 aromatic rings. The standard InChI is InChI=1S/C17H22ClNO2/c1-4-12(2)10-13(3)19-17(21)15-8-7-14(6-5-9-20)16(18)11-15/h7-8,11-13,20H,4,9-10H2,1-3H3,(H,19,21).